The molecule has 1 fully saturated rings. The van der Waals surface area contributed by atoms with E-state index in [2.05, 4.69) is 5.32 Å². The van der Waals surface area contributed by atoms with Crippen LogP contribution in [0, 0.1) is 0 Å². The van der Waals surface area contributed by atoms with Crippen molar-refractivity contribution in [3.8, 4) is 0 Å². The maximum absolute atomic E-state index is 13.4. The number of ether oxygens (including phenoxy) is 1. The van der Waals surface area contributed by atoms with E-state index in [0.717, 1.165) is 15.4 Å². The minimum absolute atomic E-state index is 0.0312. The Morgan fingerprint density at radius 3 is 2.52 bits per heavy atom. The van der Waals surface area contributed by atoms with Gasteiger partial charge in [-0.3, -0.25) is 9.59 Å². The lowest BCUT2D eigenvalue weighted by atomic mass is 10.1. The summed E-state index contributed by atoms with van der Waals surface area (Å²) in [7, 11) is -2.82. The quantitative estimate of drug-likeness (QED) is 0.551. The van der Waals surface area contributed by atoms with E-state index in [0.29, 0.717) is 6.54 Å². The van der Waals surface area contributed by atoms with Gasteiger partial charge in [-0.15, -0.1) is 0 Å². The second-order valence-electron chi connectivity index (χ2n) is 7.33. The molecule has 0 spiro atoms. The number of rotatable bonds is 8. The fourth-order valence-electron chi connectivity index (χ4n) is 3.52. The van der Waals surface area contributed by atoms with Crippen LogP contribution in [0.2, 0.25) is 10.0 Å². The van der Waals surface area contributed by atoms with E-state index in [1.54, 1.807) is 0 Å². The van der Waals surface area contributed by atoms with Crippen LogP contribution in [0.5, 0.6) is 0 Å². The van der Waals surface area contributed by atoms with Crippen LogP contribution in [-0.4, -0.2) is 62.4 Å². The standard InChI is InChI=1S/C21H24Cl2N4O5S/c1-32-13-19(28)26-7-8-27(33(30,31)16-5-6-17(22)18(23)10-16)21(26)20(29)25-12-15-4-2-3-14(9-15)11-24/h2-6,9-10,21H,7-8,11-13,24H2,1H3,(H,25,29). The molecule has 178 valence electrons. The summed E-state index contributed by atoms with van der Waals surface area (Å²) in [6.07, 6.45) is -1.38. The van der Waals surface area contributed by atoms with E-state index >= 15 is 0 Å². The first-order chi connectivity index (χ1) is 15.7. The molecule has 1 saturated heterocycles. The molecule has 0 saturated carbocycles. The second-order valence-corrected chi connectivity index (χ2v) is 10.0. The zero-order valence-corrected chi connectivity index (χ0v) is 20.2. The molecule has 1 aliphatic heterocycles. The Balaban J connectivity index is 1.89. The summed E-state index contributed by atoms with van der Waals surface area (Å²) in [6.45, 7) is 0.154. The van der Waals surface area contributed by atoms with Gasteiger partial charge in [-0.05, 0) is 29.3 Å². The molecular weight excluding hydrogens is 491 g/mol. The van der Waals surface area contributed by atoms with Crippen molar-refractivity contribution in [1.29, 1.82) is 0 Å². The predicted molar refractivity (Wildman–Crippen MR) is 124 cm³/mol. The highest BCUT2D eigenvalue weighted by Gasteiger charge is 2.46. The van der Waals surface area contributed by atoms with Crippen molar-refractivity contribution >= 4 is 45.0 Å². The molecule has 1 heterocycles. The van der Waals surface area contributed by atoms with E-state index in [4.69, 9.17) is 33.7 Å². The topological polar surface area (TPSA) is 122 Å². The Bertz CT molecular complexity index is 1150. The van der Waals surface area contributed by atoms with E-state index in [9.17, 15) is 18.0 Å². The molecule has 1 unspecified atom stereocenters. The van der Waals surface area contributed by atoms with Crippen molar-refractivity contribution in [3.05, 3.63) is 63.6 Å². The predicted octanol–water partition coefficient (Wildman–Crippen LogP) is 1.57. The van der Waals surface area contributed by atoms with Crippen LogP contribution in [0.3, 0.4) is 0 Å². The minimum Gasteiger partial charge on any atom is -0.375 e. The van der Waals surface area contributed by atoms with Gasteiger partial charge in [0.15, 0.2) is 6.17 Å². The molecule has 2 aromatic carbocycles. The number of carbonyl (C=O) groups excluding carboxylic acids is 2. The molecule has 3 N–H and O–H groups in total. The van der Waals surface area contributed by atoms with Crippen LogP contribution < -0.4 is 11.1 Å². The van der Waals surface area contributed by atoms with Crippen molar-refractivity contribution in [2.24, 2.45) is 5.73 Å². The third-order valence-electron chi connectivity index (χ3n) is 5.14. The summed E-state index contributed by atoms with van der Waals surface area (Å²) in [6, 6.07) is 11.2. The van der Waals surface area contributed by atoms with Gasteiger partial charge in [0.05, 0.1) is 14.9 Å². The Kier molecular flexibility index (Phi) is 8.33. The maximum Gasteiger partial charge on any atom is 0.259 e. The first kappa shape index (κ1) is 25.4. The summed E-state index contributed by atoms with van der Waals surface area (Å²) in [4.78, 5) is 26.8. The van der Waals surface area contributed by atoms with Gasteiger partial charge in [0.1, 0.15) is 6.61 Å². The number of amides is 2. The summed E-state index contributed by atoms with van der Waals surface area (Å²) in [5.41, 5.74) is 7.34. The van der Waals surface area contributed by atoms with Gasteiger partial charge < -0.3 is 20.7 Å². The third kappa shape index (κ3) is 5.65. The zero-order valence-electron chi connectivity index (χ0n) is 17.8. The van der Waals surface area contributed by atoms with Crippen molar-refractivity contribution in [1.82, 2.24) is 14.5 Å². The summed E-state index contributed by atoms with van der Waals surface area (Å²) in [5, 5.41) is 2.98. The van der Waals surface area contributed by atoms with Crippen LogP contribution >= 0.6 is 23.2 Å². The molecule has 2 amide bonds. The molecule has 1 atom stereocenters. The van der Waals surface area contributed by atoms with Crippen molar-refractivity contribution in [2.75, 3.05) is 26.8 Å². The first-order valence-electron chi connectivity index (χ1n) is 10.00. The average molecular weight is 515 g/mol. The van der Waals surface area contributed by atoms with Gasteiger partial charge in [-0.1, -0.05) is 47.5 Å². The van der Waals surface area contributed by atoms with Gasteiger partial charge in [-0.2, -0.15) is 4.31 Å². The van der Waals surface area contributed by atoms with Crippen LogP contribution in [-0.2, 0) is 37.4 Å². The molecule has 0 aromatic heterocycles. The van der Waals surface area contributed by atoms with E-state index in [-0.39, 0.29) is 41.2 Å². The zero-order chi connectivity index (χ0) is 24.2. The maximum atomic E-state index is 13.4. The third-order valence-corrected chi connectivity index (χ3v) is 7.73. The summed E-state index contributed by atoms with van der Waals surface area (Å²) in [5.74, 6) is -1.15. The molecule has 3 rings (SSSR count). The highest BCUT2D eigenvalue weighted by atomic mass is 35.5. The number of hydrogen-bond acceptors (Lipinski definition) is 6. The van der Waals surface area contributed by atoms with Crippen molar-refractivity contribution < 1.29 is 22.7 Å². The molecule has 1 aliphatic rings. The Labute approximate surface area is 202 Å². The van der Waals surface area contributed by atoms with Crippen LogP contribution in [0.4, 0.5) is 0 Å². The lowest BCUT2D eigenvalue weighted by Crippen LogP contribution is -2.54. The Morgan fingerprint density at radius 1 is 1.12 bits per heavy atom. The lowest BCUT2D eigenvalue weighted by Gasteiger charge is -2.28. The summed E-state index contributed by atoms with van der Waals surface area (Å²) >= 11 is 11.9. The normalized spacial score (nSPS) is 16.7. The fraction of sp³-hybridized carbons (Fsp3) is 0.333. The number of nitrogens with two attached hydrogens (primary N) is 1. The van der Waals surface area contributed by atoms with E-state index in [1.807, 2.05) is 24.3 Å². The number of carbonyl (C=O) groups is 2. The number of hydrogen-bond donors (Lipinski definition) is 2. The molecule has 2 aromatic rings. The minimum atomic E-state index is -4.17. The molecule has 0 radical (unpaired) electrons. The molecule has 9 nitrogen and oxygen atoms in total. The Morgan fingerprint density at radius 2 is 1.85 bits per heavy atom. The fourth-order valence-corrected chi connectivity index (χ4v) is 5.45. The molecule has 0 bridgehead atoms. The second kappa shape index (κ2) is 10.8. The highest BCUT2D eigenvalue weighted by molar-refractivity contribution is 7.89. The van der Waals surface area contributed by atoms with Crippen molar-refractivity contribution in [2.45, 2.75) is 24.2 Å². The number of nitrogens with one attached hydrogen (secondary N) is 1. The monoisotopic (exact) mass is 514 g/mol. The van der Waals surface area contributed by atoms with Gasteiger partial charge >= 0.3 is 0 Å². The highest BCUT2D eigenvalue weighted by Crippen LogP contribution is 2.29. The number of halogens is 2. The molecular formula is C21H24Cl2N4O5S. The molecule has 12 heteroatoms. The van der Waals surface area contributed by atoms with Gasteiger partial charge in [-0.25, -0.2) is 8.42 Å². The van der Waals surface area contributed by atoms with Gasteiger partial charge in [0.25, 0.3) is 5.91 Å². The number of nitrogens with zero attached hydrogens (tertiary/aromatic N) is 2. The van der Waals surface area contributed by atoms with E-state index < -0.39 is 28.0 Å². The SMILES string of the molecule is COCC(=O)N1CCN(S(=O)(=O)c2ccc(Cl)c(Cl)c2)C1C(=O)NCc1cccc(CN)c1. The van der Waals surface area contributed by atoms with Crippen LogP contribution in [0.1, 0.15) is 11.1 Å². The summed E-state index contributed by atoms with van der Waals surface area (Å²) < 4.78 is 32.6. The van der Waals surface area contributed by atoms with Crippen molar-refractivity contribution in [3.63, 3.8) is 0 Å². The smallest absolute Gasteiger partial charge is 0.259 e. The van der Waals surface area contributed by atoms with Crippen LogP contribution in [0.15, 0.2) is 47.4 Å². The molecule has 0 aliphatic carbocycles. The first-order valence-corrected chi connectivity index (χ1v) is 12.2. The largest absolute Gasteiger partial charge is 0.375 e. The lowest BCUT2D eigenvalue weighted by molar-refractivity contribution is -0.143. The van der Waals surface area contributed by atoms with Gasteiger partial charge in [0.2, 0.25) is 15.9 Å². The van der Waals surface area contributed by atoms with Crippen LogP contribution in [0.25, 0.3) is 0 Å². The Hall–Kier alpha value is -2.21. The van der Waals surface area contributed by atoms with E-state index in [1.165, 1.54) is 30.2 Å². The number of benzene rings is 2. The van der Waals surface area contributed by atoms with Gasteiger partial charge in [0, 0.05) is 33.3 Å². The number of sulfonamides is 1. The number of methoxy groups -OCH3 is 1. The average Bonchev–Trinajstić information content (AvgIpc) is 3.26. The molecule has 33 heavy (non-hydrogen) atoms.